The van der Waals surface area contributed by atoms with Crippen LogP contribution in [0.15, 0.2) is 30.5 Å². The summed E-state index contributed by atoms with van der Waals surface area (Å²) in [6, 6.07) is 8.07. The van der Waals surface area contributed by atoms with Crippen molar-refractivity contribution < 1.29 is 5.11 Å². The summed E-state index contributed by atoms with van der Waals surface area (Å²) in [5.74, 6) is 0. The van der Waals surface area contributed by atoms with Crippen LogP contribution in [0.5, 0.6) is 0 Å². The highest BCUT2D eigenvalue weighted by molar-refractivity contribution is 5.78. The minimum Gasteiger partial charge on any atom is -0.394 e. The van der Waals surface area contributed by atoms with Crippen LogP contribution >= 0.6 is 0 Å². The molecule has 0 aliphatic carbocycles. The van der Waals surface area contributed by atoms with Crippen molar-refractivity contribution >= 4 is 10.9 Å². The summed E-state index contributed by atoms with van der Waals surface area (Å²) in [6.07, 6.45) is 1.85. The molecule has 0 aliphatic heterocycles. The molecule has 0 fully saturated rings. The van der Waals surface area contributed by atoms with Crippen LogP contribution in [0.3, 0.4) is 0 Å². The molecule has 0 spiro atoms. The molecule has 86 valence electrons. The number of nitrogens with one attached hydrogen (secondary N) is 1. The molecule has 0 saturated heterocycles. The molecule has 0 radical (unpaired) electrons. The van der Waals surface area contributed by atoms with Crippen LogP contribution in [-0.4, -0.2) is 34.1 Å². The Kier molecular flexibility index (Phi) is 2.94. The van der Waals surface area contributed by atoms with Gasteiger partial charge in [0.2, 0.25) is 0 Å². The average molecular weight is 219 g/mol. The first-order valence-electron chi connectivity index (χ1n) is 5.39. The smallest absolute Gasteiger partial charge is 0.0683 e. The standard InChI is InChI=1S/C12H17N3O/c1-12(9-16,13-2)8-15-11-6-4-3-5-10(11)7-14-15/h3-7,13,16H,8-9H2,1-2H3. The van der Waals surface area contributed by atoms with Crippen molar-refractivity contribution in [1.29, 1.82) is 0 Å². The molecule has 4 nitrogen and oxygen atoms in total. The maximum Gasteiger partial charge on any atom is 0.0683 e. The number of rotatable bonds is 4. The Bertz CT molecular complexity index is 474. The summed E-state index contributed by atoms with van der Waals surface area (Å²) >= 11 is 0. The molecule has 0 amide bonds. The zero-order valence-electron chi connectivity index (χ0n) is 9.64. The molecule has 1 unspecified atom stereocenters. The number of aromatic nitrogens is 2. The molecule has 0 bridgehead atoms. The number of para-hydroxylation sites is 1. The summed E-state index contributed by atoms with van der Waals surface area (Å²) in [6.45, 7) is 2.70. The third kappa shape index (κ3) is 1.94. The van der Waals surface area contributed by atoms with E-state index in [0.29, 0.717) is 6.54 Å². The molecule has 0 saturated carbocycles. The normalized spacial score (nSPS) is 15.2. The lowest BCUT2D eigenvalue weighted by Crippen LogP contribution is -2.47. The number of aliphatic hydroxyl groups excluding tert-OH is 1. The summed E-state index contributed by atoms with van der Waals surface area (Å²) < 4.78 is 1.92. The molecular weight excluding hydrogens is 202 g/mol. The Hall–Kier alpha value is -1.39. The second-order valence-electron chi connectivity index (χ2n) is 4.33. The molecule has 1 atom stereocenters. The van der Waals surface area contributed by atoms with Gasteiger partial charge in [-0.3, -0.25) is 4.68 Å². The zero-order chi connectivity index (χ0) is 11.6. The van der Waals surface area contributed by atoms with E-state index in [0.717, 1.165) is 10.9 Å². The zero-order valence-corrected chi connectivity index (χ0v) is 9.64. The fourth-order valence-electron chi connectivity index (χ4n) is 1.69. The number of hydrogen-bond acceptors (Lipinski definition) is 3. The van der Waals surface area contributed by atoms with Gasteiger partial charge >= 0.3 is 0 Å². The van der Waals surface area contributed by atoms with Crippen LogP contribution in [0.1, 0.15) is 6.92 Å². The van der Waals surface area contributed by atoms with Gasteiger partial charge in [-0.15, -0.1) is 0 Å². The molecule has 16 heavy (non-hydrogen) atoms. The van der Waals surface area contributed by atoms with Crippen LogP contribution in [0, 0.1) is 0 Å². The maximum absolute atomic E-state index is 9.35. The topological polar surface area (TPSA) is 50.1 Å². The molecular formula is C12H17N3O. The number of likely N-dealkylation sites (N-methyl/N-ethyl adjacent to an activating group) is 1. The third-order valence-electron chi connectivity index (χ3n) is 3.00. The third-order valence-corrected chi connectivity index (χ3v) is 3.00. The lowest BCUT2D eigenvalue weighted by Gasteiger charge is -2.26. The number of nitrogens with zero attached hydrogens (tertiary/aromatic N) is 2. The van der Waals surface area contributed by atoms with Crippen molar-refractivity contribution in [2.75, 3.05) is 13.7 Å². The van der Waals surface area contributed by atoms with Crippen LogP contribution in [0.2, 0.25) is 0 Å². The number of hydrogen-bond donors (Lipinski definition) is 2. The summed E-state index contributed by atoms with van der Waals surface area (Å²) in [5.41, 5.74) is 0.756. The Labute approximate surface area is 94.9 Å². The van der Waals surface area contributed by atoms with E-state index < -0.39 is 0 Å². The van der Waals surface area contributed by atoms with Gasteiger partial charge < -0.3 is 10.4 Å². The van der Waals surface area contributed by atoms with Gasteiger partial charge in [-0.05, 0) is 20.0 Å². The van der Waals surface area contributed by atoms with Crippen molar-refractivity contribution in [3.05, 3.63) is 30.5 Å². The van der Waals surface area contributed by atoms with Gasteiger partial charge in [0.05, 0.1) is 30.4 Å². The molecule has 1 aromatic carbocycles. The summed E-state index contributed by atoms with van der Waals surface area (Å²) in [4.78, 5) is 0. The number of benzene rings is 1. The average Bonchev–Trinajstić information content (AvgIpc) is 2.73. The number of aliphatic hydroxyl groups is 1. The van der Waals surface area contributed by atoms with Gasteiger partial charge in [-0.25, -0.2) is 0 Å². The molecule has 2 rings (SSSR count). The summed E-state index contributed by atoms with van der Waals surface area (Å²) in [7, 11) is 1.85. The van der Waals surface area contributed by atoms with Gasteiger partial charge in [0, 0.05) is 5.39 Å². The van der Waals surface area contributed by atoms with Crippen molar-refractivity contribution in [2.24, 2.45) is 0 Å². The van der Waals surface area contributed by atoms with E-state index in [9.17, 15) is 5.11 Å². The minimum absolute atomic E-state index is 0.0810. The van der Waals surface area contributed by atoms with E-state index in [-0.39, 0.29) is 12.1 Å². The van der Waals surface area contributed by atoms with Crippen molar-refractivity contribution in [3.63, 3.8) is 0 Å². The second kappa shape index (κ2) is 4.23. The van der Waals surface area contributed by atoms with E-state index >= 15 is 0 Å². The van der Waals surface area contributed by atoms with Crippen molar-refractivity contribution in [3.8, 4) is 0 Å². The second-order valence-corrected chi connectivity index (χ2v) is 4.33. The van der Waals surface area contributed by atoms with Gasteiger partial charge in [-0.1, -0.05) is 18.2 Å². The predicted octanol–water partition coefficient (Wildman–Crippen LogP) is 1.01. The first kappa shape index (κ1) is 11.1. The summed E-state index contributed by atoms with van der Waals surface area (Å²) in [5, 5.41) is 17.9. The predicted molar refractivity (Wildman–Crippen MR) is 64.3 cm³/mol. The first-order chi connectivity index (χ1) is 7.68. The minimum atomic E-state index is -0.339. The van der Waals surface area contributed by atoms with E-state index in [1.807, 2.05) is 49.1 Å². The number of fused-ring (bicyclic) bond motifs is 1. The molecule has 1 heterocycles. The Morgan fingerprint density at radius 2 is 2.19 bits per heavy atom. The van der Waals surface area contributed by atoms with E-state index in [1.54, 1.807) is 0 Å². The van der Waals surface area contributed by atoms with Crippen LogP contribution in [-0.2, 0) is 6.54 Å². The van der Waals surface area contributed by atoms with E-state index in [4.69, 9.17) is 0 Å². The van der Waals surface area contributed by atoms with Gasteiger partial charge in [0.25, 0.3) is 0 Å². The Balaban J connectivity index is 2.34. The Morgan fingerprint density at radius 1 is 1.44 bits per heavy atom. The quantitative estimate of drug-likeness (QED) is 0.806. The lowest BCUT2D eigenvalue weighted by molar-refractivity contribution is 0.163. The highest BCUT2D eigenvalue weighted by atomic mass is 16.3. The fraction of sp³-hybridized carbons (Fsp3) is 0.417. The first-order valence-corrected chi connectivity index (χ1v) is 5.39. The Morgan fingerprint density at radius 3 is 2.88 bits per heavy atom. The van der Waals surface area contributed by atoms with Crippen LogP contribution < -0.4 is 5.32 Å². The van der Waals surface area contributed by atoms with E-state index in [2.05, 4.69) is 10.4 Å². The fourth-order valence-corrected chi connectivity index (χ4v) is 1.69. The molecule has 0 aliphatic rings. The molecule has 2 N–H and O–H groups in total. The molecule has 2 aromatic rings. The molecule has 4 heteroatoms. The maximum atomic E-state index is 9.35. The highest BCUT2D eigenvalue weighted by Crippen LogP contribution is 2.15. The highest BCUT2D eigenvalue weighted by Gasteiger charge is 2.22. The van der Waals surface area contributed by atoms with Crippen LogP contribution in [0.4, 0.5) is 0 Å². The lowest BCUT2D eigenvalue weighted by atomic mass is 10.0. The van der Waals surface area contributed by atoms with Gasteiger partial charge in [-0.2, -0.15) is 5.10 Å². The van der Waals surface area contributed by atoms with E-state index in [1.165, 1.54) is 0 Å². The SMILES string of the molecule is CNC(C)(CO)Cn1ncc2ccccc21. The van der Waals surface area contributed by atoms with Gasteiger partial charge in [0.1, 0.15) is 0 Å². The van der Waals surface area contributed by atoms with Crippen molar-refractivity contribution in [2.45, 2.75) is 19.0 Å². The molecule has 1 aromatic heterocycles. The van der Waals surface area contributed by atoms with Crippen molar-refractivity contribution in [1.82, 2.24) is 15.1 Å². The van der Waals surface area contributed by atoms with Gasteiger partial charge in [0.15, 0.2) is 0 Å². The largest absolute Gasteiger partial charge is 0.394 e. The monoisotopic (exact) mass is 219 g/mol. The van der Waals surface area contributed by atoms with Crippen LogP contribution in [0.25, 0.3) is 10.9 Å².